The summed E-state index contributed by atoms with van der Waals surface area (Å²) in [6.45, 7) is 2.33. The molecule has 9 heteroatoms. The molecule has 2 amide bonds. The van der Waals surface area contributed by atoms with Crippen molar-refractivity contribution < 1.29 is 19.1 Å². The summed E-state index contributed by atoms with van der Waals surface area (Å²) in [6.07, 6.45) is 0.884. The van der Waals surface area contributed by atoms with Gasteiger partial charge in [0.25, 0.3) is 11.8 Å². The maximum Gasteiger partial charge on any atom is 0.276 e. The van der Waals surface area contributed by atoms with Crippen molar-refractivity contribution in [2.24, 2.45) is 0 Å². The third-order valence-electron chi connectivity index (χ3n) is 3.22. The van der Waals surface area contributed by atoms with Crippen molar-refractivity contribution in [2.75, 3.05) is 13.2 Å². The van der Waals surface area contributed by atoms with E-state index in [9.17, 15) is 9.59 Å². The Morgan fingerprint density at radius 1 is 1.00 bits per heavy atom. The maximum atomic E-state index is 12.1. The molecule has 6 nitrogen and oxygen atoms in total. The van der Waals surface area contributed by atoms with Crippen LogP contribution in [0.4, 0.5) is 0 Å². The predicted octanol–water partition coefficient (Wildman–Crippen LogP) is 4.49. The van der Waals surface area contributed by atoms with Crippen molar-refractivity contribution in [1.82, 2.24) is 10.9 Å². The van der Waals surface area contributed by atoms with Crippen LogP contribution in [0.15, 0.2) is 45.3 Å². The van der Waals surface area contributed by atoms with Crippen LogP contribution in [0.1, 0.15) is 23.7 Å². The van der Waals surface area contributed by atoms with Crippen LogP contribution in [-0.2, 0) is 4.79 Å². The van der Waals surface area contributed by atoms with Gasteiger partial charge in [-0.05, 0) is 74.7 Å². The Bertz CT molecular complexity index is 833. The third-order valence-corrected chi connectivity index (χ3v) is 4.70. The molecule has 2 aromatic carbocycles. The number of ether oxygens (including phenoxy) is 2. The monoisotopic (exact) mass is 518 g/mol. The van der Waals surface area contributed by atoms with Gasteiger partial charge in [-0.25, -0.2) is 0 Å². The minimum atomic E-state index is -0.507. The van der Waals surface area contributed by atoms with E-state index in [1.54, 1.807) is 36.4 Å². The SMILES string of the molecule is CCCOc1ccc(C(=O)NNC(=O)COc2ccc(Cl)cc2Br)cc1Br. The molecule has 0 atom stereocenters. The molecular weight excluding hydrogens is 503 g/mol. The van der Waals surface area contributed by atoms with E-state index in [-0.39, 0.29) is 6.61 Å². The minimum Gasteiger partial charge on any atom is -0.492 e. The number of benzene rings is 2. The highest BCUT2D eigenvalue weighted by atomic mass is 79.9. The normalized spacial score (nSPS) is 10.2. The molecule has 0 saturated carbocycles. The van der Waals surface area contributed by atoms with Crippen LogP contribution in [0, 0.1) is 0 Å². The molecule has 2 N–H and O–H groups in total. The van der Waals surface area contributed by atoms with Crippen molar-refractivity contribution in [3.8, 4) is 11.5 Å². The third kappa shape index (κ3) is 6.71. The van der Waals surface area contributed by atoms with E-state index >= 15 is 0 Å². The smallest absolute Gasteiger partial charge is 0.276 e. The first kappa shape index (κ1) is 21.5. The van der Waals surface area contributed by atoms with Crippen LogP contribution >= 0.6 is 43.5 Å². The number of hydrazine groups is 1. The highest BCUT2D eigenvalue weighted by Gasteiger charge is 2.11. The highest BCUT2D eigenvalue weighted by molar-refractivity contribution is 9.10. The molecule has 0 aromatic heterocycles. The van der Waals surface area contributed by atoms with Gasteiger partial charge in [-0.2, -0.15) is 0 Å². The van der Waals surface area contributed by atoms with Gasteiger partial charge in [0.15, 0.2) is 6.61 Å². The van der Waals surface area contributed by atoms with Crippen LogP contribution in [0.25, 0.3) is 0 Å². The number of hydrogen-bond donors (Lipinski definition) is 2. The standard InChI is InChI=1S/C18H17Br2ClN2O4/c1-2-7-26-15-5-3-11(8-13(15)19)18(25)23-22-17(24)10-27-16-6-4-12(21)9-14(16)20/h3-6,8-9H,2,7,10H2,1H3,(H,22,24)(H,23,25). The predicted molar refractivity (Wildman–Crippen MR) is 110 cm³/mol. The van der Waals surface area contributed by atoms with Gasteiger partial charge < -0.3 is 9.47 Å². The number of halogens is 3. The number of nitrogens with one attached hydrogen (secondary N) is 2. The molecule has 0 saturated heterocycles. The number of rotatable bonds is 7. The zero-order valence-corrected chi connectivity index (χ0v) is 18.3. The first-order valence-corrected chi connectivity index (χ1v) is 9.96. The fourth-order valence-electron chi connectivity index (χ4n) is 1.94. The first-order valence-electron chi connectivity index (χ1n) is 8.00. The summed E-state index contributed by atoms with van der Waals surface area (Å²) in [5.74, 6) is 0.151. The molecule has 0 heterocycles. The van der Waals surface area contributed by atoms with E-state index < -0.39 is 11.8 Å². The molecule has 0 unspecified atom stereocenters. The summed E-state index contributed by atoms with van der Waals surface area (Å²) in [5, 5.41) is 0.545. The summed E-state index contributed by atoms with van der Waals surface area (Å²) in [7, 11) is 0. The van der Waals surface area contributed by atoms with Gasteiger partial charge >= 0.3 is 0 Å². The van der Waals surface area contributed by atoms with E-state index in [0.717, 1.165) is 6.42 Å². The van der Waals surface area contributed by atoms with Crippen molar-refractivity contribution in [1.29, 1.82) is 0 Å². The van der Waals surface area contributed by atoms with Gasteiger partial charge in [0.05, 0.1) is 15.6 Å². The lowest BCUT2D eigenvalue weighted by molar-refractivity contribution is -0.123. The van der Waals surface area contributed by atoms with Gasteiger partial charge in [-0.15, -0.1) is 0 Å². The highest BCUT2D eigenvalue weighted by Crippen LogP contribution is 2.28. The fraction of sp³-hybridized carbons (Fsp3) is 0.222. The fourth-order valence-corrected chi connectivity index (χ4v) is 3.23. The summed E-state index contributed by atoms with van der Waals surface area (Å²) < 4.78 is 12.2. The van der Waals surface area contributed by atoms with Gasteiger partial charge in [0.2, 0.25) is 0 Å². The van der Waals surface area contributed by atoms with Gasteiger partial charge in [0, 0.05) is 10.6 Å². The molecule has 0 fully saturated rings. The Morgan fingerprint density at radius 3 is 2.33 bits per heavy atom. The van der Waals surface area contributed by atoms with E-state index in [2.05, 4.69) is 42.7 Å². The van der Waals surface area contributed by atoms with Crippen LogP contribution < -0.4 is 20.3 Å². The second kappa shape index (κ2) is 10.5. The summed E-state index contributed by atoms with van der Waals surface area (Å²) in [4.78, 5) is 24.0. The van der Waals surface area contributed by atoms with Gasteiger partial charge in [-0.3, -0.25) is 20.4 Å². The Hall–Kier alpha value is -1.77. The molecule has 27 heavy (non-hydrogen) atoms. The van der Waals surface area contributed by atoms with Crippen molar-refractivity contribution >= 4 is 55.3 Å². The zero-order valence-electron chi connectivity index (χ0n) is 14.4. The Labute approximate surface area is 178 Å². The van der Waals surface area contributed by atoms with E-state index in [4.69, 9.17) is 21.1 Å². The van der Waals surface area contributed by atoms with Crippen molar-refractivity contribution in [3.63, 3.8) is 0 Å². The molecule has 0 bridgehead atoms. The molecule has 2 aromatic rings. The summed E-state index contributed by atoms with van der Waals surface area (Å²) in [6, 6.07) is 9.86. The van der Waals surface area contributed by atoms with Crippen molar-refractivity contribution in [3.05, 3.63) is 55.9 Å². The molecule has 2 rings (SSSR count). The number of amides is 2. The molecule has 0 spiro atoms. The number of carbonyl (C=O) groups is 2. The quantitative estimate of drug-likeness (QED) is 0.528. The second-order valence-electron chi connectivity index (χ2n) is 5.36. The molecule has 0 aliphatic rings. The molecular formula is C18H17Br2ClN2O4. The summed E-state index contributed by atoms with van der Waals surface area (Å²) in [5.41, 5.74) is 5.00. The van der Waals surface area contributed by atoms with Crippen LogP contribution in [0.3, 0.4) is 0 Å². The average molecular weight is 521 g/mol. The minimum absolute atomic E-state index is 0.270. The zero-order chi connectivity index (χ0) is 19.8. The Kier molecular flexibility index (Phi) is 8.40. The maximum absolute atomic E-state index is 12.1. The topological polar surface area (TPSA) is 76.7 Å². The first-order chi connectivity index (χ1) is 12.9. The van der Waals surface area contributed by atoms with Gasteiger partial charge in [-0.1, -0.05) is 18.5 Å². The molecule has 144 valence electrons. The van der Waals surface area contributed by atoms with E-state index in [1.165, 1.54) is 0 Å². The lowest BCUT2D eigenvalue weighted by Gasteiger charge is -2.11. The second-order valence-corrected chi connectivity index (χ2v) is 7.50. The van der Waals surface area contributed by atoms with Crippen LogP contribution in [0.2, 0.25) is 5.02 Å². The lowest BCUT2D eigenvalue weighted by atomic mass is 10.2. The lowest BCUT2D eigenvalue weighted by Crippen LogP contribution is -2.43. The average Bonchev–Trinajstić information content (AvgIpc) is 2.64. The molecule has 0 radical (unpaired) electrons. The van der Waals surface area contributed by atoms with E-state index in [1.807, 2.05) is 6.92 Å². The Morgan fingerprint density at radius 2 is 1.67 bits per heavy atom. The van der Waals surface area contributed by atoms with Crippen LogP contribution in [0.5, 0.6) is 11.5 Å². The number of hydrogen-bond acceptors (Lipinski definition) is 4. The molecule has 0 aliphatic heterocycles. The van der Waals surface area contributed by atoms with Crippen LogP contribution in [-0.4, -0.2) is 25.0 Å². The summed E-state index contributed by atoms with van der Waals surface area (Å²) >= 11 is 12.5. The van der Waals surface area contributed by atoms with E-state index in [0.29, 0.717) is 37.6 Å². The molecule has 0 aliphatic carbocycles. The van der Waals surface area contributed by atoms with Gasteiger partial charge in [0.1, 0.15) is 11.5 Å². The number of carbonyl (C=O) groups excluding carboxylic acids is 2. The largest absolute Gasteiger partial charge is 0.492 e. The Balaban J connectivity index is 1.83. The van der Waals surface area contributed by atoms with Crippen molar-refractivity contribution in [2.45, 2.75) is 13.3 Å².